The number of ketones is 1. The standard InChI is InChI=1S/C24H20N2O/c1-5-7-16-12-19-18(11-15(16)6-2)22(27)21-17-9-8-14(13-25)10-20(17)26-23(21)24(19,3)4/h8-12,26H,6H2,1-4H3. The normalized spacial score (nSPS) is 14.1. The summed E-state index contributed by atoms with van der Waals surface area (Å²) >= 11 is 0. The van der Waals surface area contributed by atoms with Crippen LogP contribution in [0.15, 0.2) is 30.3 Å². The maximum Gasteiger partial charge on any atom is 0.195 e. The van der Waals surface area contributed by atoms with E-state index in [9.17, 15) is 10.1 Å². The van der Waals surface area contributed by atoms with E-state index in [1.54, 1.807) is 6.07 Å². The average Bonchev–Trinajstić information content (AvgIpc) is 3.06. The minimum Gasteiger partial charge on any atom is -0.357 e. The first-order valence-corrected chi connectivity index (χ1v) is 9.13. The molecule has 3 nitrogen and oxygen atoms in total. The van der Waals surface area contributed by atoms with Crippen molar-refractivity contribution in [3.8, 4) is 17.9 Å². The summed E-state index contributed by atoms with van der Waals surface area (Å²) in [5, 5.41) is 10.1. The van der Waals surface area contributed by atoms with E-state index >= 15 is 0 Å². The fourth-order valence-corrected chi connectivity index (χ4v) is 4.13. The topological polar surface area (TPSA) is 56.6 Å². The summed E-state index contributed by atoms with van der Waals surface area (Å²) in [5.41, 5.74) is 6.54. The predicted molar refractivity (Wildman–Crippen MR) is 107 cm³/mol. The zero-order valence-electron chi connectivity index (χ0n) is 15.9. The highest BCUT2D eigenvalue weighted by molar-refractivity contribution is 6.20. The first-order chi connectivity index (χ1) is 12.9. The van der Waals surface area contributed by atoms with Crippen molar-refractivity contribution >= 4 is 16.7 Å². The van der Waals surface area contributed by atoms with Gasteiger partial charge in [-0.3, -0.25) is 4.79 Å². The van der Waals surface area contributed by atoms with Crippen LogP contribution in [0.1, 0.15) is 71.6 Å². The lowest BCUT2D eigenvalue weighted by Crippen LogP contribution is -2.30. The molecule has 1 aliphatic rings. The van der Waals surface area contributed by atoms with Crippen LogP contribution in [0.2, 0.25) is 0 Å². The van der Waals surface area contributed by atoms with E-state index in [4.69, 9.17) is 0 Å². The summed E-state index contributed by atoms with van der Waals surface area (Å²) in [4.78, 5) is 16.9. The summed E-state index contributed by atoms with van der Waals surface area (Å²) in [6.45, 7) is 8.18. The van der Waals surface area contributed by atoms with Gasteiger partial charge in [-0.15, -0.1) is 5.92 Å². The number of aromatic nitrogens is 1. The van der Waals surface area contributed by atoms with E-state index in [2.05, 4.69) is 49.7 Å². The number of aryl methyl sites for hydroxylation is 1. The fourth-order valence-electron chi connectivity index (χ4n) is 4.13. The van der Waals surface area contributed by atoms with Crippen LogP contribution in [0.25, 0.3) is 10.9 Å². The van der Waals surface area contributed by atoms with Crippen LogP contribution in [-0.4, -0.2) is 10.8 Å². The second-order valence-corrected chi connectivity index (χ2v) is 7.48. The molecule has 1 N–H and O–H groups in total. The third kappa shape index (κ3) is 2.32. The molecule has 1 aliphatic carbocycles. The third-order valence-corrected chi connectivity index (χ3v) is 5.58. The van der Waals surface area contributed by atoms with E-state index in [1.807, 2.05) is 25.1 Å². The Labute approximate surface area is 159 Å². The molecule has 0 amide bonds. The molecule has 0 bridgehead atoms. The highest BCUT2D eigenvalue weighted by Crippen LogP contribution is 2.44. The van der Waals surface area contributed by atoms with E-state index < -0.39 is 0 Å². The van der Waals surface area contributed by atoms with Crippen molar-refractivity contribution in [1.29, 1.82) is 5.26 Å². The molecule has 1 heterocycles. The highest BCUT2D eigenvalue weighted by Gasteiger charge is 2.40. The number of benzene rings is 2. The number of aromatic amines is 1. The van der Waals surface area contributed by atoms with Gasteiger partial charge in [-0.25, -0.2) is 0 Å². The summed E-state index contributed by atoms with van der Waals surface area (Å²) < 4.78 is 0. The number of nitriles is 1. The number of hydrogen-bond acceptors (Lipinski definition) is 2. The van der Waals surface area contributed by atoms with Crippen molar-refractivity contribution in [2.24, 2.45) is 0 Å². The molecular formula is C24H20N2O. The Kier molecular flexibility index (Phi) is 3.72. The SMILES string of the molecule is CC#Cc1cc2c(cc1CC)C(=O)c1c([nH]c3cc(C#N)ccc13)C2(C)C. The smallest absolute Gasteiger partial charge is 0.195 e. The second-order valence-electron chi connectivity index (χ2n) is 7.48. The average molecular weight is 352 g/mol. The van der Waals surface area contributed by atoms with Crippen molar-refractivity contribution in [3.05, 3.63) is 69.4 Å². The van der Waals surface area contributed by atoms with Crippen molar-refractivity contribution in [2.45, 2.75) is 39.5 Å². The number of fused-ring (bicyclic) bond motifs is 4. The number of rotatable bonds is 1. The summed E-state index contributed by atoms with van der Waals surface area (Å²) in [6, 6.07) is 11.7. The van der Waals surface area contributed by atoms with Gasteiger partial charge in [0.15, 0.2) is 5.78 Å². The van der Waals surface area contributed by atoms with Gasteiger partial charge in [-0.2, -0.15) is 5.26 Å². The van der Waals surface area contributed by atoms with Crippen LogP contribution in [0.4, 0.5) is 0 Å². The van der Waals surface area contributed by atoms with E-state index in [1.165, 1.54) is 0 Å². The Hall–Kier alpha value is -3.30. The van der Waals surface area contributed by atoms with Gasteiger partial charge < -0.3 is 4.98 Å². The quantitative estimate of drug-likeness (QED) is 0.637. The van der Waals surface area contributed by atoms with Gasteiger partial charge in [-0.1, -0.05) is 32.8 Å². The molecule has 1 aromatic heterocycles. The van der Waals surface area contributed by atoms with E-state index in [0.717, 1.165) is 50.8 Å². The molecule has 3 aromatic rings. The largest absolute Gasteiger partial charge is 0.357 e. The Balaban J connectivity index is 2.06. The van der Waals surface area contributed by atoms with Gasteiger partial charge in [0.1, 0.15) is 0 Å². The van der Waals surface area contributed by atoms with Crippen LogP contribution < -0.4 is 0 Å². The first-order valence-electron chi connectivity index (χ1n) is 9.13. The molecule has 27 heavy (non-hydrogen) atoms. The predicted octanol–water partition coefficient (Wildman–Crippen LogP) is 4.84. The number of hydrogen-bond donors (Lipinski definition) is 1. The lowest BCUT2D eigenvalue weighted by molar-refractivity contribution is 0.103. The van der Waals surface area contributed by atoms with Gasteiger partial charge >= 0.3 is 0 Å². The fraction of sp³-hybridized carbons (Fsp3) is 0.250. The first kappa shape index (κ1) is 17.1. The van der Waals surface area contributed by atoms with Crippen LogP contribution in [0.5, 0.6) is 0 Å². The molecule has 3 heteroatoms. The van der Waals surface area contributed by atoms with Crippen LogP contribution in [0, 0.1) is 23.2 Å². The van der Waals surface area contributed by atoms with E-state index in [-0.39, 0.29) is 11.2 Å². The zero-order chi connectivity index (χ0) is 19.3. The van der Waals surface area contributed by atoms with Crippen LogP contribution in [-0.2, 0) is 11.8 Å². The molecule has 0 aliphatic heterocycles. The number of carbonyl (C=O) groups is 1. The molecular weight excluding hydrogens is 332 g/mol. The van der Waals surface area contributed by atoms with Gasteiger partial charge in [-0.05, 0) is 48.7 Å². The Morgan fingerprint density at radius 1 is 1.19 bits per heavy atom. The molecule has 0 spiro atoms. The van der Waals surface area contributed by atoms with Crippen molar-refractivity contribution < 1.29 is 4.79 Å². The molecule has 0 unspecified atom stereocenters. The second kappa shape index (κ2) is 5.86. The maximum atomic E-state index is 13.4. The molecule has 0 atom stereocenters. The zero-order valence-corrected chi connectivity index (χ0v) is 15.9. The molecule has 0 saturated carbocycles. The highest BCUT2D eigenvalue weighted by atomic mass is 16.1. The molecule has 132 valence electrons. The van der Waals surface area contributed by atoms with Gasteiger partial charge in [0.25, 0.3) is 0 Å². The van der Waals surface area contributed by atoms with Crippen molar-refractivity contribution in [3.63, 3.8) is 0 Å². The monoisotopic (exact) mass is 352 g/mol. The Bertz CT molecular complexity index is 1220. The Morgan fingerprint density at radius 3 is 2.63 bits per heavy atom. The minimum atomic E-state index is -0.360. The van der Waals surface area contributed by atoms with E-state index in [0.29, 0.717) is 5.56 Å². The van der Waals surface area contributed by atoms with Crippen molar-refractivity contribution in [2.75, 3.05) is 0 Å². The molecule has 0 saturated heterocycles. The van der Waals surface area contributed by atoms with Crippen molar-refractivity contribution in [1.82, 2.24) is 4.98 Å². The van der Waals surface area contributed by atoms with Gasteiger partial charge in [0, 0.05) is 33.1 Å². The third-order valence-electron chi connectivity index (χ3n) is 5.58. The van der Waals surface area contributed by atoms with Crippen LogP contribution >= 0.6 is 0 Å². The van der Waals surface area contributed by atoms with Gasteiger partial charge in [0.05, 0.1) is 17.2 Å². The lowest BCUT2D eigenvalue weighted by atomic mass is 9.70. The number of carbonyl (C=O) groups excluding carboxylic acids is 1. The number of nitrogens with one attached hydrogen (secondary N) is 1. The molecule has 4 rings (SSSR count). The summed E-state index contributed by atoms with van der Waals surface area (Å²) in [7, 11) is 0. The lowest BCUT2D eigenvalue weighted by Gasteiger charge is -2.32. The molecule has 0 radical (unpaired) electrons. The molecule has 2 aromatic carbocycles. The van der Waals surface area contributed by atoms with Crippen LogP contribution in [0.3, 0.4) is 0 Å². The van der Waals surface area contributed by atoms with Gasteiger partial charge in [0.2, 0.25) is 0 Å². The minimum absolute atomic E-state index is 0.0426. The number of H-pyrrole nitrogens is 1. The maximum absolute atomic E-state index is 13.4. The number of nitrogens with zero attached hydrogens (tertiary/aromatic N) is 1. The summed E-state index contributed by atoms with van der Waals surface area (Å²) in [5.74, 6) is 6.21. The molecule has 0 fully saturated rings. The Morgan fingerprint density at radius 2 is 1.96 bits per heavy atom. The summed E-state index contributed by atoms with van der Waals surface area (Å²) in [6.07, 6.45) is 0.831.